The van der Waals surface area contributed by atoms with E-state index in [1.54, 1.807) is 18.2 Å². The van der Waals surface area contributed by atoms with Crippen molar-refractivity contribution in [2.45, 2.75) is 19.2 Å². The van der Waals surface area contributed by atoms with Gasteiger partial charge in [0.2, 0.25) is 5.91 Å². The Balaban J connectivity index is 1.35. The number of benzene rings is 4. The van der Waals surface area contributed by atoms with E-state index in [0.717, 1.165) is 22.4 Å². The molecule has 4 aromatic rings. The lowest BCUT2D eigenvalue weighted by Crippen LogP contribution is -2.20. The highest BCUT2D eigenvalue weighted by atomic mass is 79.9. The van der Waals surface area contributed by atoms with Crippen molar-refractivity contribution in [3.8, 4) is 5.75 Å². The fourth-order valence-electron chi connectivity index (χ4n) is 3.66. The van der Waals surface area contributed by atoms with Gasteiger partial charge < -0.3 is 4.74 Å². The van der Waals surface area contributed by atoms with Gasteiger partial charge in [-0.3, -0.25) is 14.9 Å². The summed E-state index contributed by atoms with van der Waals surface area (Å²) in [5.74, 6) is -0.118. The number of rotatable bonds is 8. The van der Waals surface area contributed by atoms with Crippen molar-refractivity contribution in [1.29, 1.82) is 0 Å². The predicted molar refractivity (Wildman–Crippen MR) is 140 cm³/mol. The van der Waals surface area contributed by atoms with Gasteiger partial charge in [0.1, 0.15) is 12.4 Å². The number of hydrogen-bond acceptors (Lipinski definition) is 5. The van der Waals surface area contributed by atoms with Crippen LogP contribution in [-0.4, -0.2) is 17.0 Å². The molecule has 0 aromatic heterocycles. The minimum absolute atomic E-state index is 0.161. The lowest BCUT2D eigenvalue weighted by atomic mass is 10.1. The normalized spacial score (nSPS) is 11.6. The van der Waals surface area contributed by atoms with E-state index in [9.17, 15) is 28.1 Å². The summed E-state index contributed by atoms with van der Waals surface area (Å²) in [6.45, 7) is 0.364. The Labute approximate surface area is 223 Å². The molecule has 0 atom stereocenters. The second kappa shape index (κ2) is 11.4. The van der Waals surface area contributed by atoms with Crippen molar-refractivity contribution in [3.05, 3.63) is 116 Å². The number of nitro groups is 1. The molecule has 4 rings (SSSR count). The number of carbonyl (C=O) groups is 1. The van der Waals surface area contributed by atoms with E-state index in [2.05, 4.69) is 32.5 Å². The molecule has 0 radical (unpaired) electrons. The average molecular weight is 586 g/mol. The maximum Gasteiger partial charge on any atom is 0.416 e. The summed E-state index contributed by atoms with van der Waals surface area (Å²) < 4.78 is 45.1. The molecular weight excluding hydrogens is 567 g/mol. The molecule has 1 N–H and O–H groups in total. The number of amides is 1. The van der Waals surface area contributed by atoms with E-state index in [4.69, 9.17) is 4.74 Å². The highest BCUT2D eigenvalue weighted by molar-refractivity contribution is 9.10. The summed E-state index contributed by atoms with van der Waals surface area (Å²) in [4.78, 5) is 22.4. The topological polar surface area (TPSA) is 93.8 Å². The molecule has 7 nitrogen and oxygen atoms in total. The van der Waals surface area contributed by atoms with Gasteiger partial charge in [-0.25, -0.2) is 5.43 Å². The highest BCUT2D eigenvalue weighted by Crippen LogP contribution is 2.33. The van der Waals surface area contributed by atoms with Crippen LogP contribution in [0.2, 0.25) is 0 Å². The van der Waals surface area contributed by atoms with Crippen LogP contribution in [0.1, 0.15) is 22.3 Å². The number of fused-ring (bicyclic) bond motifs is 1. The Morgan fingerprint density at radius 1 is 1.03 bits per heavy atom. The van der Waals surface area contributed by atoms with Gasteiger partial charge in [-0.15, -0.1) is 0 Å². The number of nitrogens with zero attached hydrogens (tertiary/aromatic N) is 2. The molecule has 0 unspecified atom stereocenters. The first-order chi connectivity index (χ1) is 18.1. The van der Waals surface area contributed by atoms with Gasteiger partial charge in [0.25, 0.3) is 5.69 Å². The molecule has 0 saturated heterocycles. The molecule has 38 heavy (non-hydrogen) atoms. The molecule has 0 aliphatic rings. The second-order valence-corrected chi connectivity index (χ2v) is 9.08. The fraction of sp³-hybridized carbons (Fsp3) is 0.111. The minimum Gasteiger partial charge on any atom is -0.488 e. The molecule has 0 aliphatic heterocycles. The van der Waals surface area contributed by atoms with Crippen LogP contribution in [0.25, 0.3) is 10.8 Å². The van der Waals surface area contributed by atoms with E-state index in [1.807, 2.05) is 36.4 Å². The molecule has 194 valence electrons. The Kier molecular flexibility index (Phi) is 8.06. The SMILES string of the molecule is O=C(Cc1ccc(C(F)(F)F)cc1[N+](=O)[O-])NN=Cc1ccc(OCc2ccc3ccccc3c2)c(Br)c1. The first kappa shape index (κ1) is 26.8. The molecule has 0 heterocycles. The van der Waals surface area contributed by atoms with Gasteiger partial charge in [-0.2, -0.15) is 18.3 Å². The number of alkyl halides is 3. The number of hydrogen-bond donors (Lipinski definition) is 1. The van der Waals surface area contributed by atoms with Gasteiger partial charge in [0.15, 0.2) is 0 Å². The molecule has 1 amide bonds. The third-order valence-electron chi connectivity index (χ3n) is 5.53. The Bertz CT molecular complexity index is 1540. The molecule has 0 fully saturated rings. The molecular formula is C27H19BrF3N3O4. The monoisotopic (exact) mass is 585 g/mol. The van der Waals surface area contributed by atoms with Gasteiger partial charge in [0.05, 0.1) is 27.6 Å². The van der Waals surface area contributed by atoms with Crippen LogP contribution in [-0.2, 0) is 24.0 Å². The average Bonchev–Trinajstić information content (AvgIpc) is 2.87. The van der Waals surface area contributed by atoms with Crippen molar-refractivity contribution in [2.24, 2.45) is 5.10 Å². The number of nitrogens with one attached hydrogen (secondary N) is 1. The zero-order valence-electron chi connectivity index (χ0n) is 19.5. The van der Waals surface area contributed by atoms with Crippen LogP contribution < -0.4 is 10.2 Å². The van der Waals surface area contributed by atoms with E-state index in [-0.39, 0.29) is 5.56 Å². The predicted octanol–water partition coefficient (Wildman–Crippen LogP) is 6.80. The zero-order chi connectivity index (χ0) is 27.3. The largest absolute Gasteiger partial charge is 0.488 e. The summed E-state index contributed by atoms with van der Waals surface area (Å²) >= 11 is 3.45. The van der Waals surface area contributed by atoms with Gasteiger partial charge in [0, 0.05) is 11.6 Å². The van der Waals surface area contributed by atoms with Gasteiger partial charge in [-0.05, 0) is 68.2 Å². The smallest absolute Gasteiger partial charge is 0.416 e. The van der Waals surface area contributed by atoms with Crippen molar-refractivity contribution in [2.75, 3.05) is 0 Å². The van der Waals surface area contributed by atoms with Crippen LogP contribution in [0.5, 0.6) is 5.75 Å². The Morgan fingerprint density at radius 3 is 2.50 bits per heavy atom. The van der Waals surface area contributed by atoms with Crippen molar-refractivity contribution in [3.63, 3.8) is 0 Å². The molecule has 0 spiro atoms. The van der Waals surface area contributed by atoms with E-state index >= 15 is 0 Å². The molecule has 11 heteroatoms. The zero-order valence-corrected chi connectivity index (χ0v) is 21.1. The number of hydrazone groups is 1. The quantitative estimate of drug-likeness (QED) is 0.140. The molecule has 0 aliphatic carbocycles. The summed E-state index contributed by atoms with van der Waals surface area (Å²) in [7, 11) is 0. The maximum absolute atomic E-state index is 12.8. The molecule has 0 saturated carbocycles. The highest BCUT2D eigenvalue weighted by Gasteiger charge is 2.33. The number of carbonyl (C=O) groups excluding carboxylic acids is 1. The van der Waals surface area contributed by atoms with Crippen LogP contribution in [0.15, 0.2) is 88.4 Å². The van der Waals surface area contributed by atoms with Crippen LogP contribution in [0.3, 0.4) is 0 Å². The molecule has 4 aromatic carbocycles. The van der Waals surface area contributed by atoms with Crippen molar-refractivity contribution < 1.29 is 27.6 Å². The number of nitro benzene ring substituents is 1. The third kappa shape index (κ3) is 6.74. The van der Waals surface area contributed by atoms with Crippen LogP contribution >= 0.6 is 15.9 Å². The maximum atomic E-state index is 12.8. The first-order valence-electron chi connectivity index (χ1n) is 11.2. The third-order valence-corrected chi connectivity index (χ3v) is 6.15. The fourth-order valence-corrected chi connectivity index (χ4v) is 4.17. The Hall–Kier alpha value is -4.25. The Morgan fingerprint density at radius 2 is 1.79 bits per heavy atom. The number of ether oxygens (including phenoxy) is 1. The summed E-state index contributed by atoms with van der Waals surface area (Å²) in [6.07, 6.45) is -3.89. The first-order valence-corrected chi connectivity index (χ1v) is 12.0. The lowest BCUT2D eigenvalue weighted by Gasteiger charge is -2.10. The standard InChI is InChI=1S/C27H19BrF3N3O4/c28-23-12-17(6-10-25(23)38-16-18-5-7-19-3-1-2-4-20(19)11-18)15-32-33-26(35)13-21-8-9-22(27(29,30)31)14-24(21)34(36)37/h1-12,14-15H,13,16H2,(H,33,35). The second-order valence-electron chi connectivity index (χ2n) is 8.23. The number of halogens is 4. The minimum atomic E-state index is -4.73. The van der Waals surface area contributed by atoms with E-state index in [1.165, 1.54) is 6.21 Å². The molecule has 0 bridgehead atoms. The summed E-state index contributed by atoms with van der Waals surface area (Å²) in [6, 6.07) is 21.3. The van der Waals surface area contributed by atoms with E-state index < -0.39 is 34.7 Å². The van der Waals surface area contributed by atoms with Crippen LogP contribution in [0, 0.1) is 10.1 Å². The van der Waals surface area contributed by atoms with Gasteiger partial charge in [-0.1, -0.05) is 42.5 Å². The summed E-state index contributed by atoms with van der Waals surface area (Å²) in [5.41, 5.74) is 1.74. The van der Waals surface area contributed by atoms with E-state index in [0.29, 0.717) is 34.5 Å². The van der Waals surface area contributed by atoms with Crippen molar-refractivity contribution in [1.82, 2.24) is 5.43 Å². The van der Waals surface area contributed by atoms with Gasteiger partial charge >= 0.3 is 6.18 Å². The van der Waals surface area contributed by atoms with Crippen molar-refractivity contribution >= 4 is 44.5 Å². The van der Waals surface area contributed by atoms with Crippen LogP contribution in [0.4, 0.5) is 18.9 Å². The summed E-state index contributed by atoms with van der Waals surface area (Å²) in [5, 5.41) is 17.3. The lowest BCUT2D eigenvalue weighted by molar-refractivity contribution is -0.385.